The van der Waals surface area contributed by atoms with E-state index in [1.54, 1.807) is 4.90 Å². The van der Waals surface area contributed by atoms with Gasteiger partial charge in [-0.1, -0.05) is 27.7 Å². The van der Waals surface area contributed by atoms with Crippen LogP contribution >= 0.6 is 0 Å². The molecule has 0 N–H and O–H groups in total. The number of amides is 1. The molecule has 7 heteroatoms. The summed E-state index contributed by atoms with van der Waals surface area (Å²) in [6.07, 6.45) is 3.39. The second-order valence-corrected chi connectivity index (χ2v) is 6.83. The van der Waals surface area contributed by atoms with Gasteiger partial charge in [0.15, 0.2) is 0 Å². The van der Waals surface area contributed by atoms with Crippen LogP contribution in [0.1, 0.15) is 67.8 Å². The van der Waals surface area contributed by atoms with E-state index in [4.69, 9.17) is 4.42 Å². The summed E-state index contributed by atoms with van der Waals surface area (Å²) in [5, 5.41) is 7.76. The first-order valence-electron chi connectivity index (χ1n) is 7.85. The van der Waals surface area contributed by atoms with Gasteiger partial charge in [0.25, 0.3) is 0 Å². The molecule has 0 spiro atoms. The molecule has 0 fully saturated rings. The van der Waals surface area contributed by atoms with Crippen LogP contribution in [0.5, 0.6) is 0 Å². The van der Waals surface area contributed by atoms with Gasteiger partial charge in [0, 0.05) is 30.1 Å². The molecule has 2 aromatic rings. The molecule has 3 heterocycles. The van der Waals surface area contributed by atoms with Crippen LogP contribution in [0.4, 0.5) is 0 Å². The molecule has 0 unspecified atom stereocenters. The Labute approximate surface area is 135 Å². The van der Waals surface area contributed by atoms with Crippen molar-refractivity contribution in [2.24, 2.45) is 0 Å². The molecule has 0 bridgehead atoms. The average Bonchev–Trinajstić information content (AvgIpc) is 3.11. The van der Waals surface area contributed by atoms with Crippen LogP contribution < -0.4 is 0 Å². The molecule has 0 saturated carbocycles. The number of rotatable bonds is 3. The Morgan fingerprint density at radius 3 is 2.78 bits per heavy atom. The van der Waals surface area contributed by atoms with Gasteiger partial charge in [-0.25, -0.2) is 9.97 Å². The number of aryl methyl sites for hydroxylation is 1. The first kappa shape index (κ1) is 15.6. The van der Waals surface area contributed by atoms with Crippen LogP contribution in [0.15, 0.2) is 10.6 Å². The lowest BCUT2D eigenvalue weighted by Gasteiger charge is -2.16. The minimum atomic E-state index is -0.254. The maximum absolute atomic E-state index is 12.5. The van der Waals surface area contributed by atoms with Gasteiger partial charge in [-0.2, -0.15) is 0 Å². The summed E-state index contributed by atoms with van der Waals surface area (Å²) in [5.74, 6) is 1.08. The minimum absolute atomic E-state index is 0.0465. The molecule has 0 saturated heterocycles. The standard InChI is InChI=1S/C16H21N5O2/c1-5-6-12-19-20-13(23-12)14(22)21-8-10-7-17-15(16(2,3)4)18-11(10)9-21/h7H,5-6,8-9H2,1-4H3. The number of carbonyl (C=O) groups is 1. The van der Waals surface area contributed by atoms with E-state index in [-0.39, 0.29) is 17.2 Å². The van der Waals surface area contributed by atoms with Gasteiger partial charge in [-0.15, -0.1) is 10.2 Å². The first-order valence-corrected chi connectivity index (χ1v) is 7.85. The van der Waals surface area contributed by atoms with Crippen molar-refractivity contribution >= 4 is 5.91 Å². The molecular formula is C16H21N5O2. The largest absolute Gasteiger partial charge is 0.417 e. The van der Waals surface area contributed by atoms with E-state index < -0.39 is 0 Å². The topological polar surface area (TPSA) is 85.0 Å². The number of hydrogen-bond donors (Lipinski definition) is 0. The van der Waals surface area contributed by atoms with Crippen LogP contribution in [0, 0.1) is 0 Å². The predicted molar refractivity (Wildman–Crippen MR) is 82.6 cm³/mol. The van der Waals surface area contributed by atoms with E-state index in [1.165, 1.54) is 0 Å². The molecular weight excluding hydrogens is 294 g/mol. The van der Waals surface area contributed by atoms with Gasteiger partial charge < -0.3 is 9.32 Å². The fourth-order valence-corrected chi connectivity index (χ4v) is 2.45. The fraction of sp³-hybridized carbons (Fsp3) is 0.562. The van der Waals surface area contributed by atoms with Gasteiger partial charge >= 0.3 is 11.8 Å². The Kier molecular flexibility index (Phi) is 3.87. The lowest BCUT2D eigenvalue weighted by atomic mass is 9.95. The van der Waals surface area contributed by atoms with Gasteiger partial charge in [0.05, 0.1) is 12.2 Å². The maximum Gasteiger partial charge on any atom is 0.312 e. The number of fused-ring (bicyclic) bond motifs is 1. The highest BCUT2D eigenvalue weighted by atomic mass is 16.4. The Hall–Kier alpha value is -2.31. The average molecular weight is 315 g/mol. The normalized spacial score (nSPS) is 14.2. The predicted octanol–water partition coefficient (Wildman–Crippen LogP) is 2.27. The monoisotopic (exact) mass is 315 g/mol. The zero-order valence-corrected chi connectivity index (χ0v) is 14.0. The van der Waals surface area contributed by atoms with Gasteiger partial charge in [0.1, 0.15) is 5.82 Å². The number of carbonyl (C=O) groups excluding carboxylic acids is 1. The van der Waals surface area contributed by atoms with E-state index in [2.05, 4.69) is 40.9 Å². The molecule has 122 valence electrons. The van der Waals surface area contributed by atoms with E-state index >= 15 is 0 Å². The summed E-state index contributed by atoms with van der Waals surface area (Å²) in [5.41, 5.74) is 1.75. The second-order valence-electron chi connectivity index (χ2n) is 6.83. The molecule has 0 radical (unpaired) electrons. The molecule has 0 aromatic carbocycles. The SMILES string of the molecule is CCCc1nnc(C(=O)N2Cc3cnc(C(C)(C)C)nc3C2)o1. The van der Waals surface area contributed by atoms with Crippen LogP contribution in [-0.4, -0.2) is 31.0 Å². The van der Waals surface area contributed by atoms with Crippen molar-refractivity contribution in [1.82, 2.24) is 25.1 Å². The van der Waals surface area contributed by atoms with Crippen molar-refractivity contribution in [3.63, 3.8) is 0 Å². The molecule has 23 heavy (non-hydrogen) atoms. The Balaban J connectivity index is 1.77. The third-order valence-corrected chi connectivity index (χ3v) is 3.73. The first-order chi connectivity index (χ1) is 10.9. The molecule has 7 nitrogen and oxygen atoms in total. The third kappa shape index (κ3) is 3.09. The minimum Gasteiger partial charge on any atom is -0.417 e. The maximum atomic E-state index is 12.5. The Morgan fingerprint density at radius 1 is 1.30 bits per heavy atom. The summed E-state index contributed by atoms with van der Waals surface area (Å²) < 4.78 is 5.43. The number of hydrogen-bond acceptors (Lipinski definition) is 6. The van der Waals surface area contributed by atoms with Crippen LogP contribution in [0.3, 0.4) is 0 Å². The fourth-order valence-electron chi connectivity index (χ4n) is 2.45. The Morgan fingerprint density at radius 2 is 2.09 bits per heavy atom. The summed E-state index contributed by atoms with van der Waals surface area (Å²) >= 11 is 0. The lowest BCUT2D eigenvalue weighted by Crippen LogP contribution is -2.25. The summed E-state index contributed by atoms with van der Waals surface area (Å²) in [4.78, 5) is 23.2. The van der Waals surface area contributed by atoms with Crippen molar-refractivity contribution in [3.8, 4) is 0 Å². The summed E-state index contributed by atoms with van der Waals surface area (Å²) in [6, 6.07) is 0. The molecule has 0 atom stereocenters. The van der Waals surface area contributed by atoms with Crippen LogP contribution in [-0.2, 0) is 24.9 Å². The van der Waals surface area contributed by atoms with Gasteiger partial charge in [-0.3, -0.25) is 4.79 Å². The van der Waals surface area contributed by atoms with E-state index in [0.29, 0.717) is 25.4 Å². The van der Waals surface area contributed by atoms with Crippen molar-refractivity contribution < 1.29 is 9.21 Å². The summed E-state index contributed by atoms with van der Waals surface area (Å²) in [6.45, 7) is 9.16. The summed E-state index contributed by atoms with van der Waals surface area (Å²) in [7, 11) is 0. The van der Waals surface area contributed by atoms with Crippen LogP contribution in [0.25, 0.3) is 0 Å². The molecule has 2 aromatic heterocycles. The molecule has 0 aliphatic carbocycles. The zero-order valence-electron chi connectivity index (χ0n) is 14.0. The molecule has 1 aliphatic rings. The highest BCUT2D eigenvalue weighted by Gasteiger charge is 2.30. The molecule has 1 aliphatic heterocycles. The van der Waals surface area contributed by atoms with Crippen LogP contribution in [0.2, 0.25) is 0 Å². The van der Waals surface area contributed by atoms with E-state index in [9.17, 15) is 4.79 Å². The zero-order chi connectivity index (χ0) is 16.6. The van der Waals surface area contributed by atoms with E-state index in [0.717, 1.165) is 23.5 Å². The van der Waals surface area contributed by atoms with Crippen molar-refractivity contribution in [1.29, 1.82) is 0 Å². The smallest absolute Gasteiger partial charge is 0.312 e. The van der Waals surface area contributed by atoms with Crippen molar-refractivity contribution in [2.45, 2.75) is 59.0 Å². The lowest BCUT2D eigenvalue weighted by molar-refractivity contribution is 0.0708. The number of nitrogens with zero attached hydrogens (tertiary/aromatic N) is 5. The van der Waals surface area contributed by atoms with Gasteiger partial charge in [-0.05, 0) is 6.42 Å². The van der Waals surface area contributed by atoms with E-state index in [1.807, 2.05) is 13.1 Å². The molecule has 1 amide bonds. The van der Waals surface area contributed by atoms with Gasteiger partial charge in [0.2, 0.25) is 5.89 Å². The highest BCUT2D eigenvalue weighted by Crippen LogP contribution is 2.25. The molecule has 3 rings (SSSR count). The quantitative estimate of drug-likeness (QED) is 0.863. The number of aromatic nitrogens is 4. The van der Waals surface area contributed by atoms with Crippen molar-refractivity contribution in [2.75, 3.05) is 0 Å². The second kappa shape index (κ2) is 5.72. The Bertz CT molecular complexity index is 732. The third-order valence-electron chi connectivity index (χ3n) is 3.73. The highest BCUT2D eigenvalue weighted by molar-refractivity contribution is 5.89. The van der Waals surface area contributed by atoms with Crippen molar-refractivity contribution in [3.05, 3.63) is 35.1 Å².